The second kappa shape index (κ2) is 7.04. The van der Waals surface area contributed by atoms with Crippen LogP contribution in [0.3, 0.4) is 0 Å². The van der Waals surface area contributed by atoms with Crippen molar-refractivity contribution >= 4 is 0 Å². The van der Waals surface area contributed by atoms with E-state index in [1.165, 1.54) is 0 Å². The summed E-state index contributed by atoms with van der Waals surface area (Å²) in [6.07, 6.45) is -1.92. The molecule has 16 atom stereocenters. The van der Waals surface area contributed by atoms with Crippen molar-refractivity contribution in [3.8, 4) is 0 Å². The molecule has 0 radical (unpaired) electrons. The van der Waals surface area contributed by atoms with Gasteiger partial charge in [-0.2, -0.15) is 0 Å². The molecule has 7 aliphatic rings. The monoisotopic (exact) mass is 509 g/mol. The third kappa shape index (κ3) is 2.46. The first-order chi connectivity index (χ1) is 16.7. The average molecular weight is 510 g/mol. The Balaban J connectivity index is 1.37. The highest BCUT2D eigenvalue weighted by Crippen LogP contribution is 2.76. The van der Waals surface area contributed by atoms with Gasteiger partial charge in [0.2, 0.25) is 0 Å². The fourth-order valence-electron chi connectivity index (χ4n) is 11.4. The van der Waals surface area contributed by atoms with Crippen molar-refractivity contribution in [3.05, 3.63) is 0 Å². The Kier molecular flexibility index (Phi) is 4.82. The van der Waals surface area contributed by atoms with E-state index in [-0.39, 0.29) is 18.4 Å². The molecule has 7 rings (SSSR count). The minimum absolute atomic E-state index is 0.130. The van der Waals surface area contributed by atoms with Crippen molar-refractivity contribution in [2.75, 3.05) is 13.1 Å². The van der Waals surface area contributed by atoms with Gasteiger partial charge in [-0.05, 0) is 63.2 Å². The Morgan fingerprint density at radius 2 is 1.67 bits per heavy atom. The Bertz CT molecular complexity index is 964. The van der Waals surface area contributed by atoms with Crippen molar-refractivity contribution in [1.29, 1.82) is 0 Å². The maximum atomic E-state index is 12.5. The lowest BCUT2D eigenvalue weighted by Crippen LogP contribution is -2.76. The zero-order valence-corrected chi connectivity index (χ0v) is 21.5. The van der Waals surface area contributed by atoms with Gasteiger partial charge < -0.3 is 40.5 Å². The molecular formula is C27H43NO8. The van der Waals surface area contributed by atoms with Crippen molar-refractivity contribution in [2.24, 2.45) is 40.9 Å². The van der Waals surface area contributed by atoms with Gasteiger partial charge in [-0.25, -0.2) is 0 Å². The smallest absolute Gasteiger partial charge is 0.196 e. The molecule has 0 aromatic rings. The van der Waals surface area contributed by atoms with Crippen LogP contribution < -0.4 is 0 Å². The molecule has 0 aromatic carbocycles. The van der Waals surface area contributed by atoms with Gasteiger partial charge in [0.1, 0.15) is 17.8 Å². The van der Waals surface area contributed by atoms with Crippen molar-refractivity contribution in [2.45, 2.75) is 112 Å². The highest BCUT2D eigenvalue weighted by Gasteiger charge is 2.86. The summed E-state index contributed by atoms with van der Waals surface area (Å²) in [6, 6.07) is -0.130. The summed E-state index contributed by atoms with van der Waals surface area (Å²) in [5.41, 5.74) is -4.88. The fourth-order valence-corrected chi connectivity index (χ4v) is 11.4. The first-order valence-electron chi connectivity index (χ1n) is 14.1. The molecule has 0 unspecified atom stereocenters. The first kappa shape index (κ1) is 24.7. The molecule has 7 N–H and O–H groups in total. The minimum atomic E-state index is -1.85. The van der Waals surface area contributed by atoms with Crippen LogP contribution in [0.4, 0.5) is 0 Å². The van der Waals surface area contributed by atoms with E-state index < -0.39 is 76.1 Å². The van der Waals surface area contributed by atoms with E-state index in [0.717, 1.165) is 19.4 Å². The number of nitrogens with zero attached hydrogens (tertiary/aromatic N) is 1. The molecule has 0 aromatic heterocycles. The molecule has 9 nitrogen and oxygen atoms in total. The molecule has 1 spiro atoms. The molecule has 204 valence electrons. The summed E-state index contributed by atoms with van der Waals surface area (Å²) in [5, 5.41) is 81.4. The normalized spacial score (nSPS) is 68.0. The molecule has 4 aliphatic carbocycles. The van der Waals surface area contributed by atoms with Crippen LogP contribution in [0.25, 0.3) is 0 Å². The van der Waals surface area contributed by atoms with Crippen molar-refractivity contribution < 1.29 is 40.5 Å². The predicted octanol–water partition coefficient (Wildman–Crippen LogP) is -0.814. The zero-order valence-electron chi connectivity index (χ0n) is 21.5. The second-order valence-electron chi connectivity index (χ2n) is 14.2. The van der Waals surface area contributed by atoms with Crippen LogP contribution in [-0.4, -0.2) is 107 Å². The van der Waals surface area contributed by atoms with Crippen molar-refractivity contribution in [3.63, 3.8) is 0 Å². The Labute approximate surface area is 212 Å². The van der Waals surface area contributed by atoms with Gasteiger partial charge in [0, 0.05) is 42.3 Å². The van der Waals surface area contributed by atoms with Crippen LogP contribution >= 0.6 is 0 Å². The van der Waals surface area contributed by atoms with Crippen LogP contribution in [0.2, 0.25) is 0 Å². The summed E-state index contributed by atoms with van der Waals surface area (Å²) in [5.74, 6) is -4.29. The van der Waals surface area contributed by atoms with E-state index in [1.54, 1.807) is 6.92 Å². The SMILES string of the molecule is C[C@@H]1CC[C@@H]2N(C1)C[C@@H]1[C@H]([C@H](O)[C@H](O)[C@]3(O)[C@@H]1C[C@@]14O[C@@]5(O)[C@H](O)CC[C@@]1(C)[C@H]5C[C@@H](O)[C@H]34)[C@]2(C)O. The molecule has 4 saturated carbocycles. The van der Waals surface area contributed by atoms with Gasteiger partial charge in [-0.3, -0.25) is 4.90 Å². The van der Waals surface area contributed by atoms with Crippen LogP contribution in [0.15, 0.2) is 0 Å². The van der Waals surface area contributed by atoms with E-state index >= 15 is 0 Å². The van der Waals surface area contributed by atoms with E-state index in [0.29, 0.717) is 31.7 Å². The van der Waals surface area contributed by atoms with Crippen LogP contribution in [0, 0.1) is 40.9 Å². The number of aliphatic hydroxyl groups is 7. The maximum absolute atomic E-state index is 12.5. The molecule has 7 fully saturated rings. The van der Waals surface area contributed by atoms with Crippen LogP contribution in [0.5, 0.6) is 0 Å². The van der Waals surface area contributed by atoms with E-state index in [1.807, 2.05) is 6.92 Å². The van der Waals surface area contributed by atoms with Gasteiger partial charge in [0.15, 0.2) is 5.79 Å². The lowest BCUT2D eigenvalue weighted by Gasteiger charge is -2.63. The molecule has 36 heavy (non-hydrogen) atoms. The lowest BCUT2D eigenvalue weighted by molar-refractivity contribution is -0.295. The quantitative estimate of drug-likeness (QED) is 0.222. The van der Waals surface area contributed by atoms with Gasteiger partial charge in [-0.1, -0.05) is 13.8 Å². The summed E-state index contributed by atoms with van der Waals surface area (Å²) in [6.45, 7) is 7.40. The third-order valence-corrected chi connectivity index (χ3v) is 12.8. The molecule has 3 saturated heterocycles. The second-order valence-corrected chi connectivity index (χ2v) is 14.2. The Morgan fingerprint density at radius 3 is 2.39 bits per heavy atom. The lowest BCUT2D eigenvalue weighted by atomic mass is 9.49. The van der Waals surface area contributed by atoms with Crippen LogP contribution in [0.1, 0.15) is 59.3 Å². The van der Waals surface area contributed by atoms with Gasteiger partial charge in [0.25, 0.3) is 0 Å². The van der Waals surface area contributed by atoms with E-state index in [2.05, 4.69) is 11.8 Å². The Hall–Kier alpha value is -0.360. The van der Waals surface area contributed by atoms with E-state index in [4.69, 9.17) is 4.74 Å². The van der Waals surface area contributed by atoms with E-state index in [9.17, 15) is 35.7 Å². The summed E-state index contributed by atoms with van der Waals surface area (Å²) in [4.78, 5) is 2.30. The summed E-state index contributed by atoms with van der Waals surface area (Å²) < 4.78 is 6.51. The third-order valence-electron chi connectivity index (χ3n) is 12.8. The zero-order chi connectivity index (χ0) is 25.8. The maximum Gasteiger partial charge on any atom is 0.196 e. The highest BCUT2D eigenvalue weighted by molar-refractivity contribution is 5.33. The van der Waals surface area contributed by atoms with Gasteiger partial charge in [-0.15, -0.1) is 0 Å². The van der Waals surface area contributed by atoms with Crippen molar-refractivity contribution in [1.82, 2.24) is 4.90 Å². The topological polar surface area (TPSA) is 154 Å². The molecular weight excluding hydrogens is 466 g/mol. The highest BCUT2D eigenvalue weighted by atomic mass is 16.7. The number of piperidine rings is 2. The predicted molar refractivity (Wildman–Crippen MR) is 126 cm³/mol. The first-order valence-corrected chi connectivity index (χ1v) is 14.1. The van der Waals surface area contributed by atoms with Gasteiger partial charge >= 0.3 is 0 Å². The largest absolute Gasteiger partial charge is 0.393 e. The molecule has 4 bridgehead atoms. The van der Waals surface area contributed by atoms with Crippen LogP contribution in [-0.2, 0) is 4.74 Å². The fraction of sp³-hybridized carbons (Fsp3) is 1.00. The standard InChI is InChI=1S/C27H43NO8/c1-12-4-5-17-24(3,33)19-13(11-28(17)10-12)14-9-25-21(26(14,34)22(32)20(19)31)15(29)8-16-23(25,2)7-6-18(30)27(16,35)36-25/h12-22,29-35H,4-11H2,1-3H3/t12-,13+,14-,15-,16-,17+,18-,19-,20+,21+,22+,23+,24-,25+,26+,27-/m1/s1. The summed E-state index contributed by atoms with van der Waals surface area (Å²) in [7, 11) is 0. The molecule has 3 heterocycles. The molecule has 0 amide bonds. The molecule has 3 aliphatic heterocycles. The minimum Gasteiger partial charge on any atom is -0.393 e. The number of ether oxygens (including phenoxy) is 1. The number of aliphatic hydroxyl groups excluding tert-OH is 4. The number of fused-ring (bicyclic) bond motifs is 5. The number of hydrogen-bond donors (Lipinski definition) is 7. The number of hydrogen-bond acceptors (Lipinski definition) is 9. The average Bonchev–Trinajstić information content (AvgIpc) is 3.08. The number of rotatable bonds is 0. The molecule has 9 heteroatoms. The van der Waals surface area contributed by atoms with Gasteiger partial charge in [0.05, 0.1) is 23.4 Å². The summed E-state index contributed by atoms with van der Waals surface area (Å²) >= 11 is 0. The Morgan fingerprint density at radius 1 is 0.944 bits per heavy atom.